The van der Waals surface area contributed by atoms with Crippen LogP contribution in [0.4, 0.5) is 11.6 Å². The van der Waals surface area contributed by atoms with Gasteiger partial charge in [-0.05, 0) is 12.3 Å². The van der Waals surface area contributed by atoms with Gasteiger partial charge in [-0.25, -0.2) is 19.9 Å². The van der Waals surface area contributed by atoms with E-state index in [0.29, 0.717) is 5.92 Å². The molecule has 2 aromatic rings. The first-order valence-electron chi connectivity index (χ1n) is 9.92. The van der Waals surface area contributed by atoms with Gasteiger partial charge in [0.05, 0.1) is 18.9 Å². The molecule has 0 spiro atoms. The fourth-order valence-electron chi connectivity index (χ4n) is 3.57. The predicted octanol–water partition coefficient (Wildman–Crippen LogP) is 2.25. The lowest BCUT2D eigenvalue weighted by Crippen LogP contribution is -2.37. The minimum Gasteiger partial charge on any atom is -0.378 e. The third kappa shape index (κ3) is 4.35. The van der Waals surface area contributed by atoms with Crippen LogP contribution < -0.4 is 9.80 Å². The van der Waals surface area contributed by atoms with Gasteiger partial charge in [-0.1, -0.05) is 13.8 Å². The molecule has 0 saturated carbocycles. The van der Waals surface area contributed by atoms with Crippen LogP contribution in [0, 0.1) is 5.92 Å². The van der Waals surface area contributed by atoms with Crippen molar-refractivity contribution >= 4 is 11.6 Å². The van der Waals surface area contributed by atoms with E-state index in [4.69, 9.17) is 9.72 Å². The van der Waals surface area contributed by atoms with Crippen molar-refractivity contribution in [1.29, 1.82) is 0 Å². The van der Waals surface area contributed by atoms with Crippen LogP contribution in [0.15, 0.2) is 18.6 Å². The van der Waals surface area contributed by atoms with Gasteiger partial charge in [0.15, 0.2) is 0 Å². The van der Waals surface area contributed by atoms with E-state index < -0.39 is 0 Å². The van der Waals surface area contributed by atoms with Crippen molar-refractivity contribution in [2.45, 2.75) is 39.7 Å². The lowest BCUT2D eigenvalue weighted by molar-refractivity contribution is 0.122. The van der Waals surface area contributed by atoms with E-state index in [1.807, 2.05) is 6.20 Å². The number of aromatic nitrogens is 4. The average Bonchev–Trinajstić information content (AvgIpc) is 2.72. The molecule has 0 amide bonds. The number of hydrogen-bond donors (Lipinski definition) is 0. The Morgan fingerprint density at radius 3 is 2.59 bits per heavy atom. The summed E-state index contributed by atoms with van der Waals surface area (Å²) in [4.78, 5) is 22.9. The molecule has 7 nitrogen and oxygen atoms in total. The van der Waals surface area contributed by atoms with Gasteiger partial charge in [-0.15, -0.1) is 0 Å². The van der Waals surface area contributed by atoms with Gasteiger partial charge in [0.2, 0.25) is 0 Å². The Bertz CT molecular complexity index is 775. The Hall–Kier alpha value is -2.28. The molecule has 27 heavy (non-hydrogen) atoms. The van der Waals surface area contributed by atoms with E-state index in [2.05, 4.69) is 44.7 Å². The molecule has 0 N–H and O–H groups in total. The number of rotatable bonds is 5. The van der Waals surface area contributed by atoms with Crippen LogP contribution >= 0.6 is 0 Å². The fraction of sp³-hybridized carbons (Fsp3) is 0.600. The van der Waals surface area contributed by atoms with Gasteiger partial charge in [-0.3, -0.25) is 0 Å². The molecule has 1 saturated heterocycles. The first-order valence-corrected chi connectivity index (χ1v) is 9.92. The summed E-state index contributed by atoms with van der Waals surface area (Å²) in [5.74, 6) is 3.61. The van der Waals surface area contributed by atoms with Crippen LogP contribution in [-0.4, -0.2) is 52.8 Å². The minimum atomic E-state index is 0.679. The number of nitrogens with zero attached hydrogens (tertiary/aromatic N) is 6. The normalized spacial score (nSPS) is 17.3. The van der Waals surface area contributed by atoms with Gasteiger partial charge < -0.3 is 14.5 Å². The molecule has 0 radical (unpaired) electrons. The van der Waals surface area contributed by atoms with E-state index in [1.165, 1.54) is 11.3 Å². The van der Waals surface area contributed by atoms with Crippen molar-refractivity contribution in [1.82, 2.24) is 19.9 Å². The maximum atomic E-state index is 5.44. The van der Waals surface area contributed by atoms with Gasteiger partial charge in [-0.2, -0.15) is 0 Å². The highest BCUT2D eigenvalue weighted by Gasteiger charge is 2.21. The SMILES string of the molecule is CC(C)CCc1ncc2c(n1)CCN(c1cc(N3CCOCC3)ncn1)C2. The molecule has 4 heterocycles. The molecule has 7 heteroatoms. The van der Waals surface area contributed by atoms with Crippen LogP contribution in [0.5, 0.6) is 0 Å². The molecule has 1 fully saturated rings. The lowest BCUT2D eigenvalue weighted by atomic mass is 10.1. The largest absolute Gasteiger partial charge is 0.378 e. The summed E-state index contributed by atoms with van der Waals surface area (Å²) in [5, 5.41) is 0. The Kier molecular flexibility index (Phi) is 5.48. The highest BCUT2D eigenvalue weighted by Crippen LogP contribution is 2.24. The van der Waals surface area contributed by atoms with E-state index in [1.54, 1.807) is 6.33 Å². The monoisotopic (exact) mass is 368 g/mol. The highest BCUT2D eigenvalue weighted by atomic mass is 16.5. The third-order valence-electron chi connectivity index (χ3n) is 5.23. The molecule has 0 aliphatic carbocycles. The van der Waals surface area contributed by atoms with Gasteiger partial charge in [0.1, 0.15) is 23.8 Å². The standard InChI is InChI=1S/C20H28N6O/c1-15(2)3-4-18-21-12-16-13-26(6-5-17(16)24-18)20-11-19(22-14-23-20)25-7-9-27-10-8-25/h11-12,14-15H,3-10,13H2,1-2H3. The first kappa shape index (κ1) is 18.1. The second-order valence-electron chi connectivity index (χ2n) is 7.70. The number of aryl methyl sites for hydroxylation is 1. The Morgan fingerprint density at radius 1 is 1.04 bits per heavy atom. The third-order valence-corrected chi connectivity index (χ3v) is 5.23. The van der Waals surface area contributed by atoms with Crippen LogP contribution in [-0.2, 0) is 24.1 Å². The van der Waals surface area contributed by atoms with Crippen molar-refractivity contribution in [3.8, 4) is 0 Å². The smallest absolute Gasteiger partial charge is 0.134 e. The minimum absolute atomic E-state index is 0.679. The second-order valence-corrected chi connectivity index (χ2v) is 7.70. The highest BCUT2D eigenvalue weighted by molar-refractivity contribution is 5.51. The van der Waals surface area contributed by atoms with E-state index in [0.717, 1.165) is 76.1 Å². The quantitative estimate of drug-likeness (QED) is 0.802. The maximum Gasteiger partial charge on any atom is 0.134 e. The van der Waals surface area contributed by atoms with Crippen molar-refractivity contribution in [3.05, 3.63) is 35.7 Å². The summed E-state index contributed by atoms with van der Waals surface area (Å²) < 4.78 is 5.44. The average molecular weight is 368 g/mol. The summed E-state index contributed by atoms with van der Waals surface area (Å²) in [7, 11) is 0. The summed E-state index contributed by atoms with van der Waals surface area (Å²) in [6.45, 7) is 9.48. The first-order chi connectivity index (χ1) is 13.2. The maximum absolute atomic E-state index is 5.44. The van der Waals surface area contributed by atoms with Gasteiger partial charge >= 0.3 is 0 Å². The zero-order valence-electron chi connectivity index (χ0n) is 16.3. The van der Waals surface area contributed by atoms with E-state index >= 15 is 0 Å². The van der Waals surface area contributed by atoms with Crippen LogP contribution in [0.1, 0.15) is 37.4 Å². The summed E-state index contributed by atoms with van der Waals surface area (Å²) >= 11 is 0. The molecule has 2 aliphatic rings. The molecule has 144 valence electrons. The molecule has 0 aromatic carbocycles. The zero-order chi connectivity index (χ0) is 18.6. The summed E-state index contributed by atoms with van der Waals surface area (Å²) in [6.07, 6.45) is 6.71. The zero-order valence-corrected chi connectivity index (χ0v) is 16.3. The van der Waals surface area contributed by atoms with Gasteiger partial charge in [0.25, 0.3) is 0 Å². The number of ether oxygens (including phenoxy) is 1. The number of fused-ring (bicyclic) bond motifs is 1. The second kappa shape index (κ2) is 8.17. The Balaban J connectivity index is 1.46. The van der Waals surface area contributed by atoms with Gasteiger partial charge in [0, 0.05) is 56.8 Å². The molecule has 2 aromatic heterocycles. The van der Waals surface area contributed by atoms with E-state index in [-0.39, 0.29) is 0 Å². The fourth-order valence-corrected chi connectivity index (χ4v) is 3.57. The van der Waals surface area contributed by atoms with Crippen LogP contribution in [0.2, 0.25) is 0 Å². The van der Waals surface area contributed by atoms with Crippen molar-refractivity contribution in [3.63, 3.8) is 0 Å². The summed E-state index contributed by atoms with van der Waals surface area (Å²) in [6, 6.07) is 2.09. The summed E-state index contributed by atoms with van der Waals surface area (Å²) in [5.41, 5.74) is 2.41. The van der Waals surface area contributed by atoms with E-state index in [9.17, 15) is 0 Å². The molecular formula is C20H28N6O. The number of morpholine rings is 1. The molecule has 0 atom stereocenters. The Morgan fingerprint density at radius 2 is 1.81 bits per heavy atom. The number of anilines is 2. The molecule has 0 bridgehead atoms. The van der Waals surface area contributed by atoms with Crippen LogP contribution in [0.3, 0.4) is 0 Å². The van der Waals surface area contributed by atoms with Crippen molar-refractivity contribution in [2.24, 2.45) is 5.92 Å². The molecule has 4 rings (SSSR count). The number of hydrogen-bond acceptors (Lipinski definition) is 7. The van der Waals surface area contributed by atoms with Crippen molar-refractivity contribution in [2.75, 3.05) is 42.6 Å². The Labute approximate surface area is 160 Å². The molecule has 2 aliphatic heterocycles. The topological polar surface area (TPSA) is 67.3 Å². The predicted molar refractivity (Wildman–Crippen MR) is 105 cm³/mol. The molecule has 0 unspecified atom stereocenters. The van der Waals surface area contributed by atoms with Crippen molar-refractivity contribution < 1.29 is 4.74 Å². The van der Waals surface area contributed by atoms with Crippen LogP contribution in [0.25, 0.3) is 0 Å². The lowest BCUT2D eigenvalue weighted by Gasteiger charge is -2.31. The molecular weight excluding hydrogens is 340 g/mol.